The Hall–Kier alpha value is -7.88. The molecule has 2 aromatic heterocycles. The predicted octanol–water partition coefficient (Wildman–Crippen LogP) is 15.8. The molecule has 0 saturated carbocycles. The maximum atomic E-state index is 6.21. The van der Waals surface area contributed by atoms with Gasteiger partial charge in [-0.2, -0.15) is 0 Å². The van der Waals surface area contributed by atoms with E-state index in [2.05, 4.69) is 190 Å². The van der Waals surface area contributed by atoms with Gasteiger partial charge in [0.25, 0.3) is 0 Å². The summed E-state index contributed by atoms with van der Waals surface area (Å²) in [5.41, 5.74) is 18.6. The second-order valence-electron chi connectivity index (χ2n) is 17.0. The Kier molecular flexibility index (Phi) is 8.20. The van der Waals surface area contributed by atoms with Crippen LogP contribution >= 0.6 is 0 Å². The monoisotopic (exact) mass is 792 g/mol. The van der Waals surface area contributed by atoms with Crippen LogP contribution in [0.1, 0.15) is 25.0 Å². The van der Waals surface area contributed by atoms with E-state index in [1.54, 1.807) is 0 Å². The minimum Gasteiger partial charge on any atom is -0.456 e. The van der Waals surface area contributed by atoms with Crippen molar-refractivity contribution < 1.29 is 4.42 Å². The van der Waals surface area contributed by atoms with E-state index in [0.29, 0.717) is 5.82 Å². The van der Waals surface area contributed by atoms with Gasteiger partial charge in [0, 0.05) is 32.9 Å². The zero-order chi connectivity index (χ0) is 41.4. The first kappa shape index (κ1) is 36.0. The van der Waals surface area contributed by atoms with Gasteiger partial charge >= 0.3 is 0 Å². The fourth-order valence-corrected chi connectivity index (χ4v) is 9.56. The summed E-state index contributed by atoms with van der Waals surface area (Å²) in [6.07, 6.45) is 0. The minimum atomic E-state index is -0.125. The third-order valence-electron chi connectivity index (χ3n) is 12.8. The van der Waals surface area contributed by atoms with Gasteiger partial charge < -0.3 is 4.42 Å². The highest BCUT2D eigenvalue weighted by atomic mass is 16.3. The third-order valence-corrected chi connectivity index (χ3v) is 12.8. The van der Waals surface area contributed by atoms with Gasteiger partial charge in [-0.25, -0.2) is 9.97 Å². The Morgan fingerprint density at radius 2 is 0.887 bits per heavy atom. The van der Waals surface area contributed by atoms with E-state index >= 15 is 0 Å². The van der Waals surface area contributed by atoms with Gasteiger partial charge in [0.15, 0.2) is 5.82 Å². The zero-order valence-electron chi connectivity index (χ0n) is 34.4. The molecule has 0 unspecified atom stereocenters. The summed E-state index contributed by atoms with van der Waals surface area (Å²) < 4.78 is 6.21. The van der Waals surface area contributed by atoms with E-state index in [1.165, 1.54) is 38.6 Å². The van der Waals surface area contributed by atoms with Crippen LogP contribution in [0.5, 0.6) is 0 Å². The fourth-order valence-electron chi connectivity index (χ4n) is 9.56. The van der Waals surface area contributed by atoms with Crippen LogP contribution in [-0.2, 0) is 5.41 Å². The normalized spacial score (nSPS) is 12.8. The first-order valence-electron chi connectivity index (χ1n) is 21.3. The Labute approximate surface area is 360 Å². The topological polar surface area (TPSA) is 38.9 Å². The van der Waals surface area contributed by atoms with Crippen molar-refractivity contribution in [3.05, 3.63) is 217 Å². The first-order valence-corrected chi connectivity index (χ1v) is 21.3. The fraction of sp³-hybridized carbons (Fsp3) is 0.0508. The molecular formula is C59H40N2O. The summed E-state index contributed by atoms with van der Waals surface area (Å²) >= 11 is 0. The lowest BCUT2D eigenvalue weighted by molar-refractivity contribution is 0.661. The number of hydrogen-bond acceptors (Lipinski definition) is 3. The van der Waals surface area contributed by atoms with Crippen LogP contribution in [-0.4, -0.2) is 9.97 Å². The third kappa shape index (κ3) is 6.04. The maximum absolute atomic E-state index is 6.21. The minimum absolute atomic E-state index is 0.125. The van der Waals surface area contributed by atoms with Gasteiger partial charge in [-0.15, -0.1) is 0 Å². The van der Waals surface area contributed by atoms with Crippen molar-refractivity contribution in [3.8, 4) is 78.4 Å². The van der Waals surface area contributed by atoms with Gasteiger partial charge in [0.05, 0.1) is 11.4 Å². The highest BCUT2D eigenvalue weighted by molar-refractivity contribution is 6.06. The van der Waals surface area contributed by atoms with Crippen LogP contribution in [0.15, 0.2) is 211 Å². The van der Waals surface area contributed by atoms with Crippen LogP contribution < -0.4 is 0 Å². The smallest absolute Gasteiger partial charge is 0.160 e. The second-order valence-corrected chi connectivity index (χ2v) is 17.0. The second kappa shape index (κ2) is 14.1. The lowest BCUT2D eigenvalue weighted by Gasteiger charge is -2.22. The average Bonchev–Trinajstić information content (AvgIpc) is 3.81. The lowest BCUT2D eigenvalue weighted by atomic mass is 9.81. The average molecular weight is 793 g/mol. The molecule has 1 aliphatic carbocycles. The summed E-state index contributed by atoms with van der Waals surface area (Å²) in [4.78, 5) is 10.6. The number of hydrogen-bond donors (Lipinski definition) is 0. The number of nitrogens with zero attached hydrogens (tertiary/aromatic N) is 2. The van der Waals surface area contributed by atoms with Gasteiger partial charge in [0.2, 0.25) is 0 Å². The molecule has 0 fully saturated rings. The molecule has 11 aromatic rings. The molecule has 0 aliphatic heterocycles. The van der Waals surface area contributed by atoms with E-state index in [-0.39, 0.29) is 5.41 Å². The standard InChI is InChI=1S/C59H40N2O/c1-59(2)52-35-43(24-26-48(52)50-32-40-18-9-10-19-41(40)34-53(50)59)39-20-13-21-44(28-39)54-36-55(61-58(60-54)38-16-7-4-8-17-38)47-30-45(37-14-5-3-6-15-37)29-46(31-47)42-25-27-57-51(33-42)49-22-11-12-23-56(49)62-57/h3-36H,1-2H3. The Morgan fingerprint density at radius 3 is 1.69 bits per heavy atom. The Morgan fingerprint density at radius 1 is 0.339 bits per heavy atom. The highest BCUT2D eigenvalue weighted by Crippen LogP contribution is 2.51. The number of para-hydroxylation sites is 1. The molecule has 0 amide bonds. The van der Waals surface area contributed by atoms with E-state index in [0.717, 1.165) is 77.8 Å². The summed E-state index contributed by atoms with van der Waals surface area (Å²) in [5.74, 6) is 0.686. The van der Waals surface area contributed by atoms with Crippen LogP contribution in [0.2, 0.25) is 0 Å². The number of fused-ring (bicyclic) bond motifs is 7. The van der Waals surface area contributed by atoms with Crippen molar-refractivity contribution in [3.63, 3.8) is 0 Å². The van der Waals surface area contributed by atoms with E-state index in [4.69, 9.17) is 14.4 Å². The van der Waals surface area contributed by atoms with Gasteiger partial charge in [-0.05, 0) is 133 Å². The van der Waals surface area contributed by atoms with Crippen molar-refractivity contribution in [1.82, 2.24) is 9.97 Å². The van der Waals surface area contributed by atoms with Crippen molar-refractivity contribution in [2.24, 2.45) is 0 Å². The van der Waals surface area contributed by atoms with E-state index < -0.39 is 0 Å². The Bertz CT molecular complexity index is 3540. The van der Waals surface area contributed by atoms with Gasteiger partial charge in [-0.1, -0.05) is 153 Å². The molecule has 1 aliphatic rings. The molecule has 0 spiro atoms. The Balaban J connectivity index is 0.992. The van der Waals surface area contributed by atoms with E-state index in [1.807, 2.05) is 30.3 Å². The lowest BCUT2D eigenvalue weighted by Crippen LogP contribution is -2.15. The molecule has 2 heterocycles. The molecule has 12 rings (SSSR count). The summed E-state index contributed by atoms with van der Waals surface area (Å²) in [5, 5.41) is 4.77. The first-order chi connectivity index (χ1) is 30.4. The molecular weight excluding hydrogens is 753 g/mol. The van der Waals surface area contributed by atoms with Crippen molar-refractivity contribution in [1.29, 1.82) is 0 Å². The van der Waals surface area contributed by atoms with Crippen LogP contribution in [0, 0.1) is 0 Å². The number of benzene rings is 9. The summed E-state index contributed by atoms with van der Waals surface area (Å²) in [7, 11) is 0. The number of furan rings is 1. The zero-order valence-corrected chi connectivity index (χ0v) is 34.4. The van der Waals surface area contributed by atoms with Gasteiger partial charge in [0.1, 0.15) is 11.2 Å². The largest absolute Gasteiger partial charge is 0.456 e. The molecule has 0 atom stereocenters. The van der Waals surface area contributed by atoms with Crippen LogP contribution in [0.3, 0.4) is 0 Å². The molecule has 0 saturated heterocycles. The van der Waals surface area contributed by atoms with Crippen molar-refractivity contribution in [2.75, 3.05) is 0 Å². The van der Waals surface area contributed by atoms with Crippen molar-refractivity contribution >= 4 is 32.7 Å². The van der Waals surface area contributed by atoms with Crippen LogP contribution in [0.25, 0.3) is 111 Å². The van der Waals surface area contributed by atoms with Gasteiger partial charge in [-0.3, -0.25) is 0 Å². The SMILES string of the molecule is CC1(C)c2cc(-c3cccc(-c4cc(-c5cc(-c6ccccc6)cc(-c6ccc7oc8ccccc8c7c6)c5)nc(-c5ccccc5)n4)c3)ccc2-c2cc3ccccc3cc21. The molecule has 3 nitrogen and oxygen atoms in total. The molecule has 3 heteroatoms. The van der Waals surface area contributed by atoms with Crippen molar-refractivity contribution in [2.45, 2.75) is 19.3 Å². The molecule has 9 aromatic carbocycles. The van der Waals surface area contributed by atoms with Crippen LogP contribution in [0.4, 0.5) is 0 Å². The highest BCUT2D eigenvalue weighted by Gasteiger charge is 2.36. The number of aromatic nitrogens is 2. The molecule has 0 N–H and O–H groups in total. The molecule has 62 heavy (non-hydrogen) atoms. The predicted molar refractivity (Wildman–Crippen MR) is 257 cm³/mol. The number of rotatable bonds is 6. The molecule has 292 valence electrons. The summed E-state index contributed by atoms with van der Waals surface area (Å²) in [6.45, 7) is 4.71. The van der Waals surface area contributed by atoms with E-state index in [9.17, 15) is 0 Å². The maximum Gasteiger partial charge on any atom is 0.160 e. The molecule has 0 bridgehead atoms. The summed E-state index contributed by atoms with van der Waals surface area (Å²) in [6, 6.07) is 73.8. The molecule has 0 radical (unpaired) electrons. The quantitative estimate of drug-likeness (QED) is 0.168.